The summed E-state index contributed by atoms with van der Waals surface area (Å²) in [5.41, 5.74) is 0. The molecule has 0 rings (SSSR count). The SMILES string of the molecule is CCCCCCCCCCCCCCCCC([C]=O)CCCCCCCCCC. The summed E-state index contributed by atoms with van der Waals surface area (Å²) >= 11 is 0. The molecule has 1 radical (unpaired) electrons. The van der Waals surface area contributed by atoms with Gasteiger partial charge in [0.05, 0.1) is 0 Å². The molecular formula is C28H55O. The lowest BCUT2D eigenvalue weighted by atomic mass is 9.95. The zero-order chi connectivity index (χ0) is 21.3. The molecule has 0 fully saturated rings. The fourth-order valence-electron chi connectivity index (χ4n) is 4.37. The Morgan fingerprint density at radius 1 is 0.414 bits per heavy atom. The second kappa shape index (κ2) is 25.7. The molecule has 0 aromatic rings. The second-order valence-corrected chi connectivity index (χ2v) is 9.46. The van der Waals surface area contributed by atoms with Gasteiger partial charge in [-0.05, 0) is 12.8 Å². The van der Waals surface area contributed by atoms with Gasteiger partial charge in [0.25, 0.3) is 0 Å². The van der Waals surface area contributed by atoms with Crippen LogP contribution < -0.4 is 0 Å². The molecular weight excluding hydrogens is 352 g/mol. The molecule has 0 aromatic heterocycles. The Bertz CT molecular complexity index is 299. The minimum absolute atomic E-state index is 0.215. The van der Waals surface area contributed by atoms with Crippen LogP contribution in [0.15, 0.2) is 0 Å². The summed E-state index contributed by atoms with van der Waals surface area (Å²) in [6, 6.07) is 0. The Balaban J connectivity index is 3.26. The zero-order valence-electron chi connectivity index (χ0n) is 20.5. The van der Waals surface area contributed by atoms with Crippen molar-refractivity contribution < 1.29 is 4.79 Å². The van der Waals surface area contributed by atoms with Crippen LogP contribution in [0.25, 0.3) is 0 Å². The molecule has 1 atom stereocenters. The van der Waals surface area contributed by atoms with Gasteiger partial charge >= 0.3 is 0 Å². The zero-order valence-corrected chi connectivity index (χ0v) is 20.5. The van der Waals surface area contributed by atoms with Gasteiger partial charge in [-0.25, -0.2) is 0 Å². The molecule has 0 heterocycles. The Hall–Kier alpha value is -0.330. The van der Waals surface area contributed by atoms with Crippen LogP contribution in [0, 0.1) is 5.92 Å². The van der Waals surface area contributed by atoms with E-state index in [2.05, 4.69) is 20.1 Å². The lowest BCUT2D eigenvalue weighted by Crippen LogP contribution is -2.02. The highest BCUT2D eigenvalue weighted by Gasteiger charge is 2.07. The maximum Gasteiger partial charge on any atom is 0.201 e. The maximum atomic E-state index is 11.2. The molecule has 0 aliphatic carbocycles. The van der Waals surface area contributed by atoms with Crippen LogP contribution in [-0.2, 0) is 4.79 Å². The van der Waals surface area contributed by atoms with Crippen molar-refractivity contribution in [3.8, 4) is 0 Å². The summed E-state index contributed by atoms with van der Waals surface area (Å²) in [5, 5.41) is 0. The van der Waals surface area contributed by atoms with Crippen molar-refractivity contribution in [3.05, 3.63) is 0 Å². The van der Waals surface area contributed by atoms with Crippen molar-refractivity contribution in [3.63, 3.8) is 0 Å². The van der Waals surface area contributed by atoms with E-state index >= 15 is 0 Å². The lowest BCUT2D eigenvalue weighted by Gasteiger charge is -2.09. The van der Waals surface area contributed by atoms with Gasteiger partial charge in [0.2, 0.25) is 6.29 Å². The minimum atomic E-state index is 0.215. The van der Waals surface area contributed by atoms with E-state index < -0.39 is 0 Å². The average Bonchev–Trinajstić information content (AvgIpc) is 2.74. The van der Waals surface area contributed by atoms with E-state index in [4.69, 9.17) is 0 Å². The quantitative estimate of drug-likeness (QED) is 0.138. The van der Waals surface area contributed by atoms with Crippen molar-refractivity contribution in [2.45, 2.75) is 168 Å². The van der Waals surface area contributed by atoms with Crippen molar-refractivity contribution in [2.24, 2.45) is 5.92 Å². The van der Waals surface area contributed by atoms with Gasteiger partial charge in [-0.3, -0.25) is 4.79 Å². The van der Waals surface area contributed by atoms with Crippen molar-refractivity contribution in [2.75, 3.05) is 0 Å². The number of unbranched alkanes of at least 4 members (excludes halogenated alkanes) is 20. The molecule has 0 aliphatic heterocycles. The van der Waals surface area contributed by atoms with Crippen molar-refractivity contribution in [1.82, 2.24) is 0 Å². The third kappa shape index (κ3) is 23.8. The van der Waals surface area contributed by atoms with Gasteiger partial charge in [0.1, 0.15) is 0 Å². The molecule has 0 aromatic carbocycles. The van der Waals surface area contributed by atoms with E-state index in [1.807, 2.05) is 0 Å². The van der Waals surface area contributed by atoms with E-state index in [1.165, 1.54) is 141 Å². The van der Waals surface area contributed by atoms with Gasteiger partial charge in [-0.2, -0.15) is 0 Å². The number of rotatable bonds is 25. The van der Waals surface area contributed by atoms with Gasteiger partial charge < -0.3 is 0 Å². The maximum absolute atomic E-state index is 11.2. The van der Waals surface area contributed by atoms with Crippen LogP contribution in [0.3, 0.4) is 0 Å². The van der Waals surface area contributed by atoms with Gasteiger partial charge in [0.15, 0.2) is 0 Å². The predicted octanol–water partition coefficient (Wildman–Crippen LogP) is 10.1. The summed E-state index contributed by atoms with van der Waals surface area (Å²) in [6.45, 7) is 4.56. The largest absolute Gasteiger partial charge is 0.291 e. The predicted molar refractivity (Wildman–Crippen MR) is 131 cm³/mol. The van der Waals surface area contributed by atoms with Crippen LogP contribution in [0.1, 0.15) is 168 Å². The van der Waals surface area contributed by atoms with Crippen LogP contribution >= 0.6 is 0 Å². The summed E-state index contributed by atoms with van der Waals surface area (Å²) in [6.07, 6.45) is 34.9. The van der Waals surface area contributed by atoms with Gasteiger partial charge in [-0.15, -0.1) is 0 Å². The molecule has 0 aliphatic rings. The second-order valence-electron chi connectivity index (χ2n) is 9.46. The van der Waals surface area contributed by atoms with Gasteiger partial charge in [0, 0.05) is 5.92 Å². The molecule has 0 N–H and O–H groups in total. The Morgan fingerprint density at radius 2 is 0.655 bits per heavy atom. The molecule has 0 bridgehead atoms. The Labute approximate surface area is 185 Å². The molecule has 0 amide bonds. The number of hydrogen-bond donors (Lipinski definition) is 0. The van der Waals surface area contributed by atoms with E-state index in [-0.39, 0.29) is 5.92 Å². The monoisotopic (exact) mass is 407 g/mol. The first-order valence-corrected chi connectivity index (χ1v) is 13.7. The normalized spacial score (nSPS) is 12.3. The third-order valence-corrected chi connectivity index (χ3v) is 6.48. The molecule has 1 nitrogen and oxygen atoms in total. The van der Waals surface area contributed by atoms with Gasteiger partial charge in [-0.1, -0.05) is 155 Å². The Morgan fingerprint density at radius 3 is 0.897 bits per heavy atom. The molecule has 0 saturated heterocycles. The first-order valence-electron chi connectivity index (χ1n) is 13.7. The fourth-order valence-corrected chi connectivity index (χ4v) is 4.37. The first kappa shape index (κ1) is 28.7. The summed E-state index contributed by atoms with van der Waals surface area (Å²) in [7, 11) is 0. The molecule has 1 heteroatoms. The number of hydrogen-bond acceptors (Lipinski definition) is 1. The van der Waals surface area contributed by atoms with Crippen LogP contribution in [0.5, 0.6) is 0 Å². The standard InChI is InChI=1S/C28H55O/c1-3-5-7-9-11-13-14-15-16-17-18-20-22-24-26-28(27-29)25-23-21-19-12-10-8-6-4-2/h28H,3-26H2,1-2H3. The average molecular weight is 408 g/mol. The van der Waals surface area contributed by atoms with Crippen LogP contribution in [0.4, 0.5) is 0 Å². The molecule has 0 spiro atoms. The molecule has 1 unspecified atom stereocenters. The van der Waals surface area contributed by atoms with E-state index in [1.54, 1.807) is 0 Å². The van der Waals surface area contributed by atoms with Crippen LogP contribution in [0.2, 0.25) is 0 Å². The Kier molecular flexibility index (Phi) is 25.4. The minimum Gasteiger partial charge on any atom is -0.291 e. The summed E-state index contributed by atoms with van der Waals surface area (Å²) in [4.78, 5) is 11.2. The molecule has 173 valence electrons. The topological polar surface area (TPSA) is 17.1 Å². The van der Waals surface area contributed by atoms with Crippen molar-refractivity contribution in [1.29, 1.82) is 0 Å². The summed E-state index contributed by atoms with van der Waals surface area (Å²) < 4.78 is 0. The fraction of sp³-hybridized carbons (Fsp3) is 0.964. The summed E-state index contributed by atoms with van der Waals surface area (Å²) in [5.74, 6) is 0.215. The van der Waals surface area contributed by atoms with Crippen LogP contribution in [-0.4, -0.2) is 6.29 Å². The van der Waals surface area contributed by atoms with E-state index in [0.717, 1.165) is 12.8 Å². The van der Waals surface area contributed by atoms with E-state index in [9.17, 15) is 4.79 Å². The highest BCUT2D eigenvalue weighted by Crippen LogP contribution is 2.18. The highest BCUT2D eigenvalue weighted by atomic mass is 16.1. The first-order chi connectivity index (χ1) is 14.3. The lowest BCUT2D eigenvalue weighted by molar-refractivity contribution is 0.449. The smallest absolute Gasteiger partial charge is 0.201 e. The number of carbonyl (C=O) groups excluding carboxylic acids is 1. The third-order valence-electron chi connectivity index (χ3n) is 6.48. The molecule has 0 saturated carbocycles. The van der Waals surface area contributed by atoms with Crippen molar-refractivity contribution >= 4 is 6.29 Å². The molecule has 29 heavy (non-hydrogen) atoms. The van der Waals surface area contributed by atoms with E-state index in [0.29, 0.717) is 0 Å². The highest BCUT2D eigenvalue weighted by molar-refractivity contribution is 5.54.